The lowest BCUT2D eigenvalue weighted by Gasteiger charge is -2.28. The summed E-state index contributed by atoms with van der Waals surface area (Å²) >= 11 is 0. The van der Waals surface area contributed by atoms with E-state index in [1.54, 1.807) is 0 Å². The highest BCUT2D eigenvalue weighted by molar-refractivity contribution is 5.84. The van der Waals surface area contributed by atoms with Gasteiger partial charge in [-0.15, -0.1) is 0 Å². The van der Waals surface area contributed by atoms with E-state index in [2.05, 4.69) is 11.7 Å². The van der Waals surface area contributed by atoms with Gasteiger partial charge in [-0.1, -0.05) is 13.8 Å². The lowest BCUT2D eigenvalue weighted by atomic mass is 9.91. The molecule has 1 saturated heterocycles. The molecule has 1 aliphatic rings. The van der Waals surface area contributed by atoms with Gasteiger partial charge < -0.3 is 9.64 Å². The zero-order valence-corrected chi connectivity index (χ0v) is 11.2. The molecular formula is C13H23NO3. The van der Waals surface area contributed by atoms with Crippen molar-refractivity contribution in [2.45, 2.75) is 46.1 Å². The summed E-state index contributed by atoms with van der Waals surface area (Å²) in [6.07, 6.45) is 2.32. The van der Waals surface area contributed by atoms with Gasteiger partial charge in [0.1, 0.15) is 0 Å². The van der Waals surface area contributed by atoms with Gasteiger partial charge >= 0.3 is 5.97 Å². The third-order valence-corrected chi connectivity index (χ3v) is 3.57. The molecule has 0 spiro atoms. The van der Waals surface area contributed by atoms with Crippen LogP contribution in [0.25, 0.3) is 0 Å². The molecule has 1 heterocycles. The van der Waals surface area contributed by atoms with Crippen LogP contribution >= 0.6 is 0 Å². The predicted molar refractivity (Wildman–Crippen MR) is 65.4 cm³/mol. The first-order valence-electron chi connectivity index (χ1n) is 6.34. The minimum absolute atomic E-state index is 0.107. The maximum Gasteiger partial charge on any atom is 0.306 e. The van der Waals surface area contributed by atoms with Gasteiger partial charge in [-0.05, 0) is 25.7 Å². The van der Waals surface area contributed by atoms with Crippen molar-refractivity contribution in [2.75, 3.05) is 13.7 Å². The third-order valence-electron chi connectivity index (χ3n) is 3.57. The molecule has 0 aromatic heterocycles. The summed E-state index contributed by atoms with van der Waals surface area (Å²) in [5.74, 6) is -0.281. The lowest BCUT2D eigenvalue weighted by molar-refractivity contribution is -0.148. The Hall–Kier alpha value is -1.06. The Morgan fingerprint density at radius 2 is 2.06 bits per heavy atom. The standard InChI is InChI=1S/C13H23NO3/c1-9(2)11(8-12(15)17-4)13(16)14-7-5-6-10(14)3/h9-11H,5-8H2,1-4H3/t10-,11+/m1/s1. The maximum atomic E-state index is 12.4. The Bertz CT molecular complexity index is 288. The van der Waals surface area contributed by atoms with E-state index >= 15 is 0 Å². The van der Waals surface area contributed by atoms with Gasteiger partial charge in [0.2, 0.25) is 5.91 Å². The normalized spacial score (nSPS) is 21.7. The highest BCUT2D eigenvalue weighted by Crippen LogP contribution is 2.24. The van der Waals surface area contributed by atoms with Gasteiger partial charge in [0.15, 0.2) is 0 Å². The van der Waals surface area contributed by atoms with Crippen LogP contribution in [0.2, 0.25) is 0 Å². The van der Waals surface area contributed by atoms with E-state index < -0.39 is 0 Å². The van der Waals surface area contributed by atoms with Crippen LogP contribution in [0, 0.1) is 11.8 Å². The smallest absolute Gasteiger partial charge is 0.306 e. The van der Waals surface area contributed by atoms with Crippen LogP contribution < -0.4 is 0 Å². The van der Waals surface area contributed by atoms with Crippen molar-refractivity contribution < 1.29 is 14.3 Å². The second-order valence-corrected chi connectivity index (χ2v) is 5.15. The van der Waals surface area contributed by atoms with Gasteiger partial charge in [0.25, 0.3) is 0 Å². The highest BCUT2D eigenvalue weighted by atomic mass is 16.5. The molecule has 0 aromatic rings. The molecule has 1 fully saturated rings. The SMILES string of the molecule is COC(=O)C[C@H](C(=O)N1CCC[C@H]1C)C(C)C. The number of hydrogen-bond donors (Lipinski definition) is 0. The molecule has 0 bridgehead atoms. The summed E-state index contributed by atoms with van der Waals surface area (Å²) in [6, 6.07) is 0.307. The van der Waals surface area contributed by atoms with Gasteiger partial charge in [-0.3, -0.25) is 9.59 Å². The Kier molecular flexibility index (Phi) is 4.97. The van der Waals surface area contributed by atoms with Gasteiger partial charge in [-0.2, -0.15) is 0 Å². The van der Waals surface area contributed by atoms with Crippen LogP contribution in [-0.2, 0) is 14.3 Å². The van der Waals surface area contributed by atoms with Crippen LogP contribution in [0.3, 0.4) is 0 Å². The quantitative estimate of drug-likeness (QED) is 0.705. The number of amides is 1. The zero-order valence-electron chi connectivity index (χ0n) is 11.2. The van der Waals surface area contributed by atoms with Crippen molar-refractivity contribution in [3.05, 3.63) is 0 Å². The molecule has 1 amide bonds. The Morgan fingerprint density at radius 3 is 2.47 bits per heavy atom. The number of methoxy groups -OCH3 is 1. The molecule has 0 radical (unpaired) electrons. The molecule has 0 unspecified atom stereocenters. The zero-order chi connectivity index (χ0) is 13.0. The van der Waals surface area contributed by atoms with E-state index in [0.29, 0.717) is 6.04 Å². The topological polar surface area (TPSA) is 46.6 Å². The Labute approximate surface area is 103 Å². The number of nitrogens with zero attached hydrogens (tertiary/aromatic N) is 1. The van der Waals surface area contributed by atoms with Crippen molar-refractivity contribution in [3.8, 4) is 0 Å². The number of rotatable bonds is 4. The molecule has 1 aliphatic heterocycles. The number of likely N-dealkylation sites (tertiary alicyclic amines) is 1. The molecule has 4 nitrogen and oxygen atoms in total. The molecular weight excluding hydrogens is 218 g/mol. The van der Waals surface area contributed by atoms with E-state index in [1.165, 1.54) is 7.11 Å². The van der Waals surface area contributed by atoms with Crippen LogP contribution in [0.4, 0.5) is 0 Å². The highest BCUT2D eigenvalue weighted by Gasteiger charge is 2.33. The van der Waals surface area contributed by atoms with Crippen molar-refractivity contribution in [2.24, 2.45) is 11.8 Å². The third kappa shape index (κ3) is 3.45. The largest absolute Gasteiger partial charge is 0.469 e. The number of carbonyl (C=O) groups excluding carboxylic acids is 2. The van der Waals surface area contributed by atoms with E-state index in [9.17, 15) is 9.59 Å². The molecule has 0 aromatic carbocycles. The summed E-state index contributed by atoms with van der Waals surface area (Å²) in [5, 5.41) is 0. The Morgan fingerprint density at radius 1 is 1.41 bits per heavy atom. The van der Waals surface area contributed by atoms with Crippen LogP contribution in [0.15, 0.2) is 0 Å². The van der Waals surface area contributed by atoms with Crippen LogP contribution in [0.5, 0.6) is 0 Å². The van der Waals surface area contributed by atoms with E-state index in [4.69, 9.17) is 0 Å². The maximum absolute atomic E-state index is 12.4. The predicted octanol–water partition coefficient (Wildman–Crippen LogP) is 1.83. The van der Waals surface area contributed by atoms with Crippen LogP contribution in [-0.4, -0.2) is 36.5 Å². The fraction of sp³-hybridized carbons (Fsp3) is 0.846. The lowest BCUT2D eigenvalue weighted by Crippen LogP contribution is -2.41. The summed E-state index contributed by atoms with van der Waals surface area (Å²) < 4.78 is 4.66. The molecule has 2 atom stereocenters. The van der Waals surface area contributed by atoms with E-state index in [0.717, 1.165) is 19.4 Å². The molecule has 0 saturated carbocycles. The number of ether oxygens (including phenoxy) is 1. The second kappa shape index (κ2) is 6.03. The Balaban J connectivity index is 2.69. The fourth-order valence-corrected chi connectivity index (χ4v) is 2.34. The van der Waals surface area contributed by atoms with Crippen molar-refractivity contribution in [3.63, 3.8) is 0 Å². The van der Waals surface area contributed by atoms with Gasteiger partial charge in [-0.25, -0.2) is 0 Å². The first-order valence-corrected chi connectivity index (χ1v) is 6.34. The van der Waals surface area contributed by atoms with Gasteiger partial charge in [0, 0.05) is 12.6 Å². The monoisotopic (exact) mass is 241 g/mol. The van der Waals surface area contributed by atoms with Crippen LogP contribution in [0.1, 0.15) is 40.0 Å². The molecule has 0 N–H and O–H groups in total. The number of hydrogen-bond acceptors (Lipinski definition) is 3. The average Bonchev–Trinajstić information content (AvgIpc) is 2.70. The molecule has 1 rings (SSSR count). The van der Waals surface area contributed by atoms with E-state index in [-0.39, 0.29) is 30.1 Å². The first kappa shape index (κ1) is 14.0. The molecule has 17 heavy (non-hydrogen) atoms. The summed E-state index contributed by atoms with van der Waals surface area (Å²) in [4.78, 5) is 25.6. The average molecular weight is 241 g/mol. The fourth-order valence-electron chi connectivity index (χ4n) is 2.34. The summed E-state index contributed by atoms with van der Waals surface area (Å²) in [5.41, 5.74) is 0. The van der Waals surface area contributed by atoms with Crippen molar-refractivity contribution in [1.82, 2.24) is 4.90 Å². The minimum Gasteiger partial charge on any atom is -0.469 e. The van der Waals surface area contributed by atoms with Crippen molar-refractivity contribution >= 4 is 11.9 Å². The number of carbonyl (C=O) groups is 2. The molecule has 4 heteroatoms. The first-order chi connectivity index (χ1) is 7.97. The summed E-state index contributed by atoms with van der Waals surface area (Å²) in [7, 11) is 1.36. The van der Waals surface area contributed by atoms with E-state index in [1.807, 2.05) is 18.7 Å². The summed E-state index contributed by atoms with van der Waals surface area (Å²) in [6.45, 7) is 6.85. The second-order valence-electron chi connectivity index (χ2n) is 5.15. The molecule has 0 aliphatic carbocycles. The minimum atomic E-state index is -0.302. The number of esters is 1. The molecule has 98 valence electrons. The van der Waals surface area contributed by atoms with Gasteiger partial charge in [0.05, 0.1) is 19.4 Å². The van der Waals surface area contributed by atoms with Crippen molar-refractivity contribution in [1.29, 1.82) is 0 Å².